The van der Waals surface area contributed by atoms with Crippen molar-refractivity contribution in [1.29, 1.82) is 0 Å². The smallest absolute Gasteiger partial charge is 0.657 e. The predicted octanol–water partition coefficient (Wildman–Crippen LogP) is 3.57. The molecule has 2 aliphatic heterocycles. The third-order valence-electron chi connectivity index (χ3n) is 7.07. The molecule has 8 bridgehead atoms. The molecule has 0 amide bonds. The molecule has 7 heterocycles. The Morgan fingerprint density at radius 3 is 1.46 bits per heavy atom. The summed E-state index contributed by atoms with van der Waals surface area (Å²) in [4.78, 5) is 20.0. The number of aromatic nitrogens is 8. The predicted molar refractivity (Wildman–Crippen MR) is 148 cm³/mol. The van der Waals surface area contributed by atoms with E-state index in [1.807, 2.05) is 89.4 Å². The first-order chi connectivity index (χ1) is 18.4. The van der Waals surface area contributed by atoms with Gasteiger partial charge in [0.05, 0.1) is 62.1 Å². The van der Waals surface area contributed by atoms with Gasteiger partial charge < -0.3 is 9.97 Å². The van der Waals surface area contributed by atoms with Gasteiger partial charge in [0.2, 0.25) is 0 Å². The van der Waals surface area contributed by atoms with Crippen molar-refractivity contribution in [2.45, 2.75) is 0 Å². The summed E-state index contributed by atoms with van der Waals surface area (Å²) < 4.78 is 8.39. The maximum absolute atomic E-state index is 5.00. The van der Waals surface area contributed by atoms with Gasteiger partial charge in [0, 0.05) is 0 Å². The van der Waals surface area contributed by atoms with Gasteiger partial charge in [-0.3, -0.25) is 0 Å². The topological polar surface area (TPSA) is 71.6 Å². The van der Waals surface area contributed by atoms with E-state index >= 15 is 0 Å². The number of imidazole rings is 2. The van der Waals surface area contributed by atoms with Crippen LogP contribution in [0.3, 0.4) is 0 Å². The molecule has 0 spiro atoms. The second-order valence-corrected chi connectivity index (χ2v) is 9.75. The van der Waals surface area contributed by atoms with E-state index in [-0.39, 0.29) is 19.5 Å². The summed E-state index contributed by atoms with van der Waals surface area (Å²) in [5.74, 6) is 2.05. The van der Waals surface area contributed by atoms with Crippen molar-refractivity contribution in [2.24, 2.45) is 28.2 Å². The summed E-state index contributed by atoms with van der Waals surface area (Å²) in [5.41, 5.74) is 8.84. The number of hydrogen-bond donors (Lipinski definition) is 0. The molecule has 0 N–H and O–H groups in total. The van der Waals surface area contributed by atoms with Crippen LogP contribution in [-0.4, -0.2) is 19.1 Å². The maximum Gasteiger partial charge on any atom is 2.00 e. The van der Waals surface area contributed by atoms with Crippen LogP contribution in [0.4, 0.5) is 0 Å². The first-order valence-electron chi connectivity index (χ1n) is 12.5. The van der Waals surface area contributed by atoms with E-state index in [0.717, 1.165) is 67.6 Å². The molecule has 0 atom stereocenters. The Morgan fingerprint density at radius 1 is 0.641 bits per heavy atom. The minimum Gasteiger partial charge on any atom is -0.657 e. The zero-order valence-corrected chi connectivity index (χ0v) is 25.3. The van der Waals surface area contributed by atoms with Crippen LogP contribution < -0.4 is 19.1 Å². The van der Waals surface area contributed by atoms with E-state index in [1.165, 1.54) is 0 Å². The largest absolute Gasteiger partial charge is 2.00 e. The molecule has 0 aromatic carbocycles. The molecule has 0 saturated heterocycles. The molecule has 8 nitrogen and oxygen atoms in total. The van der Waals surface area contributed by atoms with Crippen LogP contribution >= 0.6 is 0 Å². The van der Waals surface area contributed by atoms with Gasteiger partial charge in [-0.15, -0.1) is 22.1 Å². The van der Waals surface area contributed by atoms with Crippen molar-refractivity contribution in [3.8, 4) is 22.8 Å². The monoisotopic (exact) mass is 562 g/mol. The Hall–Kier alpha value is -4.36. The molecular formula is C30H26N8Zn+2. The quantitative estimate of drug-likeness (QED) is 0.238. The van der Waals surface area contributed by atoms with Crippen LogP contribution in [0.5, 0.6) is 0 Å². The van der Waals surface area contributed by atoms with Crippen LogP contribution in [0.1, 0.15) is 22.8 Å². The standard InChI is InChI=1S/C30H26N8.Zn/c1-35-13-14-36(2)29(35)27-23-9-5-19(31-23)17-21-7-11-25(33-21)28(30-37(3)15-16-38(30)4)26-12-8-22(34-26)18-20-6-10-24(27)32-20;/h5-18H,1-4H3;/q;+2. The molecule has 39 heavy (non-hydrogen) atoms. The van der Waals surface area contributed by atoms with Crippen LogP contribution in [0, 0.1) is 0 Å². The molecule has 0 aliphatic carbocycles. The minimum absolute atomic E-state index is 0. The van der Waals surface area contributed by atoms with Gasteiger partial charge >= 0.3 is 19.5 Å². The summed E-state index contributed by atoms with van der Waals surface area (Å²) in [6.07, 6.45) is 16.3. The second kappa shape index (κ2) is 9.43. The zero-order valence-electron chi connectivity index (χ0n) is 22.4. The Labute approximate surface area is 238 Å². The van der Waals surface area contributed by atoms with Crippen LogP contribution in [0.2, 0.25) is 0 Å². The van der Waals surface area contributed by atoms with Crippen LogP contribution in [0.25, 0.3) is 69.1 Å². The first kappa shape index (κ1) is 25.0. The molecule has 5 aromatic rings. The molecule has 5 aromatic heterocycles. The third kappa shape index (κ3) is 4.19. The normalized spacial score (nSPS) is 12.2. The van der Waals surface area contributed by atoms with Crippen molar-refractivity contribution in [2.75, 3.05) is 0 Å². The zero-order chi connectivity index (χ0) is 26.0. The second-order valence-electron chi connectivity index (χ2n) is 9.75. The fourth-order valence-corrected chi connectivity index (χ4v) is 5.30. The van der Waals surface area contributed by atoms with E-state index in [0.29, 0.717) is 0 Å². The van der Waals surface area contributed by atoms with E-state index in [9.17, 15) is 0 Å². The van der Waals surface area contributed by atoms with Gasteiger partial charge in [-0.1, -0.05) is 36.4 Å². The van der Waals surface area contributed by atoms with Gasteiger partial charge in [0.15, 0.2) is 0 Å². The van der Waals surface area contributed by atoms with Gasteiger partial charge in [-0.2, -0.15) is 0 Å². The fraction of sp³-hybridized carbons (Fsp3) is 0.133. The Bertz CT molecular complexity index is 1800. The molecule has 0 fully saturated rings. The Balaban J connectivity index is 0.00000277. The molecule has 9 heteroatoms. The van der Waals surface area contributed by atoms with Gasteiger partial charge in [0.1, 0.15) is 24.8 Å². The maximum atomic E-state index is 5.00. The molecule has 0 unspecified atom stereocenters. The number of fused-ring (bicyclic) bond motifs is 8. The first-order valence-corrected chi connectivity index (χ1v) is 12.5. The average Bonchev–Trinajstić information content (AvgIpc) is 3.73. The SMILES string of the molecule is Cn1cc[n+](C)c1-c1c2nc(cc3ccc([n-]3)c(-c3n(C)cc[n+]3C)c3nc(cc4ccc1[n-]4)C=C3)C=C2.[Zn+2]. The summed E-state index contributed by atoms with van der Waals surface area (Å²) in [7, 11) is 8.16. The van der Waals surface area contributed by atoms with Gasteiger partial charge in [-0.05, 0) is 24.3 Å². The van der Waals surface area contributed by atoms with Crippen molar-refractivity contribution in [1.82, 2.24) is 29.1 Å². The van der Waals surface area contributed by atoms with Crippen molar-refractivity contribution in [3.63, 3.8) is 0 Å². The Kier molecular flexibility index (Phi) is 6.04. The van der Waals surface area contributed by atoms with E-state index < -0.39 is 0 Å². The molecule has 0 saturated carbocycles. The van der Waals surface area contributed by atoms with E-state index in [1.54, 1.807) is 0 Å². The Morgan fingerprint density at radius 2 is 1.08 bits per heavy atom. The van der Waals surface area contributed by atoms with Crippen LogP contribution in [0.15, 0.2) is 61.2 Å². The number of nitrogens with zero attached hydrogens (tertiary/aromatic N) is 8. The molecule has 0 radical (unpaired) electrons. The summed E-state index contributed by atoms with van der Waals surface area (Å²) in [6, 6.07) is 12.2. The van der Waals surface area contributed by atoms with Crippen molar-refractivity contribution in [3.05, 3.63) is 84.0 Å². The van der Waals surface area contributed by atoms with Gasteiger partial charge in [-0.25, -0.2) is 28.2 Å². The van der Waals surface area contributed by atoms with Gasteiger partial charge in [0.25, 0.3) is 11.6 Å². The molecule has 2 aliphatic rings. The molecule has 186 valence electrons. The molecular weight excluding hydrogens is 538 g/mol. The summed E-state index contributed by atoms with van der Waals surface area (Å²) in [5, 5.41) is 0. The van der Waals surface area contributed by atoms with E-state index in [4.69, 9.17) is 19.9 Å². The van der Waals surface area contributed by atoms with E-state index in [2.05, 4.69) is 42.6 Å². The average molecular weight is 564 g/mol. The number of rotatable bonds is 2. The van der Waals surface area contributed by atoms with Crippen molar-refractivity contribution < 1.29 is 28.6 Å². The van der Waals surface area contributed by atoms with Crippen molar-refractivity contribution >= 4 is 46.4 Å². The summed E-state index contributed by atoms with van der Waals surface area (Å²) in [6.45, 7) is 0. The molecule has 7 rings (SSSR count). The summed E-state index contributed by atoms with van der Waals surface area (Å²) >= 11 is 0. The number of aryl methyl sites for hydroxylation is 4. The van der Waals surface area contributed by atoms with Crippen LogP contribution in [-0.2, 0) is 47.7 Å². The number of hydrogen-bond acceptors (Lipinski definition) is 2. The third-order valence-corrected chi connectivity index (χ3v) is 7.07. The minimum atomic E-state index is 0. The fourth-order valence-electron chi connectivity index (χ4n) is 5.30.